The lowest BCUT2D eigenvalue weighted by molar-refractivity contribution is -0.384. The third-order valence-electron chi connectivity index (χ3n) is 4.95. The van der Waals surface area contributed by atoms with Crippen LogP contribution in [0.3, 0.4) is 0 Å². The van der Waals surface area contributed by atoms with Crippen LogP contribution < -0.4 is 10.6 Å². The lowest BCUT2D eigenvalue weighted by atomic mass is 10.0. The lowest BCUT2D eigenvalue weighted by Gasteiger charge is -2.26. The summed E-state index contributed by atoms with van der Waals surface area (Å²) in [7, 11) is 0. The molecule has 8 heteroatoms. The van der Waals surface area contributed by atoms with Gasteiger partial charge in [0.15, 0.2) is 0 Å². The summed E-state index contributed by atoms with van der Waals surface area (Å²) in [5, 5.41) is 18.1. The number of rotatable bonds is 4. The fourth-order valence-electron chi connectivity index (χ4n) is 3.50. The fraction of sp³-hybridized carbons (Fsp3) is 0.316. The molecule has 1 aromatic heterocycles. The van der Waals surface area contributed by atoms with E-state index in [1.54, 1.807) is 29.5 Å². The van der Waals surface area contributed by atoms with Gasteiger partial charge in [-0.25, -0.2) is 0 Å². The minimum Gasteiger partial charge on any atom is -0.353 e. The zero-order valence-electron chi connectivity index (χ0n) is 14.9. The van der Waals surface area contributed by atoms with Crippen LogP contribution in [0.5, 0.6) is 0 Å². The van der Waals surface area contributed by atoms with Crippen LogP contribution in [0.1, 0.15) is 33.3 Å². The number of thiophene rings is 1. The third kappa shape index (κ3) is 3.45. The molecule has 0 radical (unpaired) electrons. The molecule has 3 heterocycles. The van der Waals surface area contributed by atoms with E-state index in [0.717, 1.165) is 42.2 Å². The number of carbonyl (C=O) groups is 1. The summed E-state index contributed by atoms with van der Waals surface area (Å²) in [6, 6.07) is 6.41. The number of likely N-dealkylation sites (N-methyl/N-ethyl adjacent to an activating group) is 1. The summed E-state index contributed by atoms with van der Waals surface area (Å²) in [6.45, 7) is 5.04. The number of nitro benzene ring substituents is 1. The highest BCUT2D eigenvalue weighted by atomic mass is 32.1. The Hall–Kier alpha value is -2.71. The van der Waals surface area contributed by atoms with Crippen molar-refractivity contribution < 1.29 is 9.72 Å². The second kappa shape index (κ2) is 7.13. The molecule has 4 rings (SSSR count). The van der Waals surface area contributed by atoms with Crippen molar-refractivity contribution in [1.29, 1.82) is 0 Å². The lowest BCUT2D eigenvalue weighted by Crippen LogP contribution is -2.43. The summed E-state index contributed by atoms with van der Waals surface area (Å²) >= 11 is 1.66. The van der Waals surface area contributed by atoms with Crippen LogP contribution in [0.4, 0.5) is 10.7 Å². The number of hydrogen-bond acceptors (Lipinski definition) is 6. The first-order valence-electron chi connectivity index (χ1n) is 8.92. The quantitative estimate of drug-likeness (QED) is 0.624. The first-order chi connectivity index (χ1) is 13.0. The number of non-ortho nitro benzene ring substituents is 1. The molecule has 1 amide bonds. The Kier molecular flexibility index (Phi) is 4.67. The molecule has 1 atom stereocenters. The molecule has 0 saturated carbocycles. The Labute approximate surface area is 160 Å². The van der Waals surface area contributed by atoms with Gasteiger partial charge in [0.05, 0.1) is 10.5 Å². The number of nitrogens with zero attached hydrogens (tertiary/aromatic N) is 2. The van der Waals surface area contributed by atoms with Crippen LogP contribution in [-0.2, 0) is 13.0 Å². The van der Waals surface area contributed by atoms with E-state index in [4.69, 9.17) is 0 Å². The van der Waals surface area contributed by atoms with Gasteiger partial charge in [0.2, 0.25) is 0 Å². The van der Waals surface area contributed by atoms with Gasteiger partial charge in [-0.1, -0.05) is 25.1 Å². The van der Waals surface area contributed by atoms with Crippen molar-refractivity contribution in [2.75, 3.05) is 18.4 Å². The van der Waals surface area contributed by atoms with Crippen LogP contribution >= 0.6 is 11.3 Å². The van der Waals surface area contributed by atoms with E-state index in [9.17, 15) is 14.9 Å². The molecule has 27 heavy (non-hydrogen) atoms. The van der Waals surface area contributed by atoms with Crippen molar-refractivity contribution >= 4 is 34.0 Å². The van der Waals surface area contributed by atoms with Gasteiger partial charge in [-0.05, 0) is 30.2 Å². The van der Waals surface area contributed by atoms with E-state index < -0.39 is 4.92 Å². The number of fused-ring (bicyclic) bond motifs is 3. The Morgan fingerprint density at radius 1 is 1.41 bits per heavy atom. The van der Waals surface area contributed by atoms with Crippen molar-refractivity contribution in [3.63, 3.8) is 0 Å². The van der Waals surface area contributed by atoms with Gasteiger partial charge in [-0.3, -0.25) is 19.8 Å². The number of carbonyl (C=O) groups excluding carboxylic acids is 1. The minimum atomic E-state index is -0.417. The van der Waals surface area contributed by atoms with E-state index >= 15 is 0 Å². The number of benzene rings is 1. The Balaban J connectivity index is 1.54. The van der Waals surface area contributed by atoms with Gasteiger partial charge in [-0.2, -0.15) is 0 Å². The van der Waals surface area contributed by atoms with Gasteiger partial charge >= 0.3 is 0 Å². The van der Waals surface area contributed by atoms with Gasteiger partial charge in [0.1, 0.15) is 11.2 Å². The molecule has 140 valence electrons. The Morgan fingerprint density at radius 2 is 2.26 bits per heavy atom. The van der Waals surface area contributed by atoms with Gasteiger partial charge in [0, 0.05) is 30.1 Å². The van der Waals surface area contributed by atoms with Crippen molar-refractivity contribution in [1.82, 2.24) is 10.2 Å². The standard InChI is InChI=1S/C19H20N4O3S/c1-2-22-9-8-14-15(11-22)27-19-17(14)18(24)20-16(21-19)7-6-12-4-3-5-13(10-12)23(25)26/h3-7,10,16,21H,2,8-9,11H2,1H3,(H,20,24)/b7-6-/t16-/m0/s1. The molecule has 2 aliphatic rings. The normalized spacial score (nSPS) is 19.3. The molecule has 0 saturated heterocycles. The molecule has 0 spiro atoms. The highest BCUT2D eigenvalue weighted by Gasteiger charge is 2.31. The molecule has 2 N–H and O–H groups in total. The second-order valence-corrected chi connectivity index (χ2v) is 7.74. The van der Waals surface area contributed by atoms with Crippen LogP contribution in [0.25, 0.3) is 6.08 Å². The minimum absolute atomic E-state index is 0.0477. The SMILES string of the molecule is CCN1CCc2c(sc3c2C(=O)N[C@H](/C=C\c2cccc([N+](=O)[O-])c2)N3)C1. The van der Waals surface area contributed by atoms with E-state index in [-0.39, 0.29) is 17.8 Å². The van der Waals surface area contributed by atoms with E-state index in [1.165, 1.54) is 22.6 Å². The predicted octanol–water partition coefficient (Wildman–Crippen LogP) is 3.23. The zero-order valence-corrected chi connectivity index (χ0v) is 15.7. The molecule has 7 nitrogen and oxygen atoms in total. The van der Waals surface area contributed by atoms with E-state index in [1.807, 2.05) is 6.08 Å². The van der Waals surface area contributed by atoms with Crippen molar-refractivity contribution in [2.45, 2.75) is 26.1 Å². The number of nitrogens with one attached hydrogen (secondary N) is 2. The van der Waals surface area contributed by atoms with Gasteiger partial charge in [0.25, 0.3) is 11.6 Å². The maximum absolute atomic E-state index is 12.7. The van der Waals surface area contributed by atoms with Gasteiger partial charge in [-0.15, -0.1) is 11.3 Å². The summed E-state index contributed by atoms with van der Waals surface area (Å²) in [4.78, 5) is 26.8. The fourth-order valence-corrected chi connectivity index (χ4v) is 4.83. The van der Waals surface area contributed by atoms with Crippen molar-refractivity contribution in [2.24, 2.45) is 0 Å². The molecule has 0 bridgehead atoms. The summed E-state index contributed by atoms with van der Waals surface area (Å²) in [5.41, 5.74) is 2.72. The van der Waals surface area contributed by atoms with Crippen LogP contribution in [0.2, 0.25) is 0 Å². The van der Waals surface area contributed by atoms with Crippen LogP contribution in [-0.4, -0.2) is 35.0 Å². The molecule has 2 aromatic rings. The first kappa shape index (κ1) is 17.7. The third-order valence-corrected chi connectivity index (χ3v) is 6.09. The largest absolute Gasteiger partial charge is 0.353 e. The molecule has 0 fully saturated rings. The Morgan fingerprint density at radius 3 is 3.04 bits per heavy atom. The van der Waals surface area contributed by atoms with E-state index in [0.29, 0.717) is 0 Å². The molecule has 0 aliphatic carbocycles. The second-order valence-electron chi connectivity index (χ2n) is 6.63. The number of hydrogen-bond donors (Lipinski definition) is 2. The Bertz CT molecular complexity index is 937. The van der Waals surface area contributed by atoms with Crippen LogP contribution in [0, 0.1) is 10.1 Å². The predicted molar refractivity (Wildman–Crippen MR) is 106 cm³/mol. The smallest absolute Gasteiger partial charge is 0.270 e. The average Bonchev–Trinajstić information content (AvgIpc) is 3.04. The van der Waals surface area contributed by atoms with Crippen molar-refractivity contribution in [3.05, 3.63) is 62.0 Å². The number of anilines is 1. The monoisotopic (exact) mass is 384 g/mol. The topological polar surface area (TPSA) is 87.5 Å². The summed E-state index contributed by atoms with van der Waals surface area (Å²) in [5.74, 6) is -0.0557. The zero-order chi connectivity index (χ0) is 19.0. The molecule has 2 aliphatic heterocycles. The molecule has 0 unspecified atom stereocenters. The number of amides is 1. The highest BCUT2D eigenvalue weighted by Crippen LogP contribution is 2.38. The average molecular weight is 384 g/mol. The summed E-state index contributed by atoms with van der Waals surface area (Å²) in [6.07, 6.45) is 4.16. The maximum atomic E-state index is 12.7. The van der Waals surface area contributed by atoms with Gasteiger partial charge < -0.3 is 10.6 Å². The molecular weight excluding hydrogens is 364 g/mol. The molecule has 1 aromatic carbocycles. The summed E-state index contributed by atoms with van der Waals surface area (Å²) < 4.78 is 0. The number of nitro groups is 1. The maximum Gasteiger partial charge on any atom is 0.270 e. The highest BCUT2D eigenvalue weighted by molar-refractivity contribution is 7.16. The van der Waals surface area contributed by atoms with Crippen LogP contribution in [0.15, 0.2) is 30.3 Å². The molecular formula is C19H20N4O3S. The van der Waals surface area contributed by atoms with E-state index in [2.05, 4.69) is 22.5 Å². The van der Waals surface area contributed by atoms with Crippen molar-refractivity contribution in [3.8, 4) is 0 Å². The first-order valence-corrected chi connectivity index (χ1v) is 9.73.